The highest BCUT2D eigenvalue weighted by molar-refractivity contribution is 6.20. The van der Waals surface area contributed by atoms with Crippen LogP contribution in [0.1, 0.15) is 49.3 Å². The molecule has 1 aromatic carbocycles. The summed E-state index contributed by atoms with van der Waals surface area (Å²) >= 11 is 6.47. The second-order valence-corrected chi connectivity index (χ2v) is 6.12. The Hall–Kier alpha value is -0.490. The Labute approximate surface area is 98.7 Å². The maximum atomic E-state index is 6.47. The number of hydrogen-bond donors (Lipinski definition) is 0. The average molecular weight is 225 g/mol. The van der Waals surface area contributed by atoms with Crippen LogP contribution in [0.15, 0.2) is 18.2 Å². The maximum absolute atomic E-state index is 6.47. The number of hydrogen-bond acceptors (Lipinski definition) is 0. The van der Waals surface area contributed by atoms with E-state index in [9.17, 15) is 0 Å². The van der Waals surface area contributed by atoms with Gasteiger partial charge in [0.15, 0.2) is 0 Å². The van der Waals surface area contributed by atoms with Gasteiger partial charge in [-0.2, -0.15) is 0 Å². The van der Waals surface area contributed by atoms with Crippen molar-refractivity contribution in [1.82, 2.24) is 0 Å². The van der Waals surface area contributed by atoms with Gasteiger partial charge in [0.05, 0.1) is 5.38 Å². The van der Waals surface area contributed by atoms with Crippen LogP contribution in [0.5, 0.6) is 0 Å². The average Bonchev–Trinajstić information content (AvgIpc) is 2.06. The van der Waals surface area contributed by atoms with E-state index in [2.05, 4.69) is 52.8 Å². The van der Waals surface area contributed by atoms with Crippen molar-refractivity contribution < 1.29 is 0 Å². The Morgan fingerprint density at radius 2 is 1.80 bits per heavy atom. The van der Waals surface area contributed by atoms with Crippen molar-refractivity contribution in [3.05, 3.63) is 34.9 Å². The first-order valence-electron chi connectivity index (χ1n) is 5.51. The zero-order valence-corrected chi connectivity index (χ0v) is 11.2. The van der Waals surface area contributed by atoms with E-state index in [0.717, 1.165) is 6.42 Å². The number of benzene rings is 1. The lowest BCUT2D eigenvalue weighted by molar-refractivity contribution is 0.372. The van der Waals surface area contributed by atoms with E-state index in [1.807, 2.05) is 0 Å². The number of aryl methyl sites for hydroxylation is 2. The van der Waals surface area contributed by atoms with E-state index in [4.69, 9.17) is 11.6 Å². The molecule has 0 bridgehead atoms. The first kappa shape index (κ1) is 12.6. The van der Waals surface area contributed by atoms with Crippen molar-refractivity contribution in [3.8, 4) is 0 Å². The minimum Gasteiger partial charge on any atom is -0.118 e. The molecule has 0 aromatic heterocycles. The fourth-order valence-electron chi connectivity index (χ4n) is 1.74. The van der Waals surface area contributed by atoms with Crippen LogP contribution in [0.3, 0.4) is 0 Å². The predicted molar refractivity (Wildman–Crippen MR) is 68.6 cm³/mol. The molecule has 0 aliphatic carbocycles. The number of alkyl halides is 1. The molecule has 1 heteroatoms. The molecule has 0 aliphatic rings. The maximum Gasteiger partial charge on any atom is 0.0592 e. The van der Waals surface area contributed by atoms with Gasteiger partial charge in [-0.25, -0.2) is 0 Å². The molecule has 0 fully saturated rings. The summed E-state index contributed by atoms with van der Waals surface area (Å²) < 4.78 is 0. The van der Waals surface area contributed by atoms with E-state index in [0.29, 0.717) is 0 Å². The molecule has 0 nitrogen and oxygen atoms in total. The van der Waals surface area contributed by atoms with Crippen molar-refractivity contribution in [2.75, 3.05) is 0 Å². The summed E-state index contributed by atoms with van der Waals surface area (Å²) in [5.41, 5.74) is 4.15. The van der Waals surface area contributed by atoms with Crippen LogP contribution in [0.2, 0.25) is 0 Å². The van der Waals surface area contributed by atoms with Crippen molar-refractivity contribution in [2.24, 2.45) is 5.41 Å². The first-order chi connectivity index (χ1) is 6.79. The fourth-order valence-corrected chi connectivity index (χ4v) is 2.44. The molecule has 1 unspecified atom stereocenters. The third-order valence-electron chi connectivity index (χ3n) is 2.56. The molecule has 0 heterocycles. The van der Waals surface area contributed by atoms with Crippen molar-refractivity contribution >= 4 is 11.6 Å². The third kappa shape index (κ3) is 3.87. The van der Waals surface area contributed by atoms with Crippen molar-refractivity contribution in [2.45, 2.75) is 46.4 Å². The summed E-state index contributed by atoms with van der Waals surface area (Å²) in [5, 5.41) is 0.130. The lowest BCUT2D eigenvalue weighted by Gasteiger charge is -2.23. The Morgan fingerprint density at radius 3 is 2.33 bits per heavy atom. The summed E-state index contributed by atoms with van der Waals surface area (Å²) in [6.45, 7) is 10.9. The van der Waals surface area contributed by atoms with Gasteiger partial charge in [0.1, 0.15) is 0 Å². The molecule has 0 aliphatic heterocycles. The zero-order valence-electron chi connectivity index (χ0n) is 10.4. The molecule has 84 valence electrons. The van der Waals surface area contributed by atoms with Crippen molar-refractivity contribution in [1.29, 1.82) is 0 Å². The van der Waals surface area contributed by atoms with Crippen LogP contribution < -0.4 is 0 Å². The van der Waals surface area contributed by atoms with Gasteiger partial charge in [0, 0.05) is 0 Å². The molecule has 0 amide bonds. The Kier molecular flexibility index (Phi) is 3.83. The monoisotopic (exact) mass is 224 g/mol. The lowest BCUT2D eigenvalue weighted by atomic mass is 9.87. The fraction of sp³-hybridized carbons (Fsp3) is 0.571. The molecule has 1 aromatic rings. The van der Waals surface area contributed by atoms with Crippen molar-refractivity contribution in [3.63, 3.8) is 0 Å². The minimum absolute atomic E-state index is 0.130. The van der Waals surface area contributed by atoms with E-state index >= 15 is 0 Å². The third-order valence-corrected chi connectivity index (χ3v) is 2.95. The van der Waals surface area contributed by atoms with Gasteiger partial charge in [-0.15, -0.1) is 11.6 Å². The number of halogens is 1. The molecule has 0 saturated carbocycles. The quantitative estimate of drug-likeness (QED) is 0.619. The molecular weight excluding hydrogens is 204 g/mol. The van der Waals surface area contributed by atoms with Gasteiger partial charge in [0.25, 0.3) is 0 Å². The van der Waals surface area contributed by atoms with Gasteiger partial charge < -0.3 is 0 Å². The van der Waals surface area contributed by atoms with Crippen LogP contribution in [0, 0.1) is 19.3 Å². The molecule has 0 spiro atoms. The Balaban J connectivity index is 2.90. The van der Waals surface area contributed by atoms with E-state index in [1.165, 1.54) is 16.7 Å². The molecular formula is C14H21Cl. The standard InChI is InChI=1S/C14H21Cl/c1-10-6-7-11(2)12(8-10)13(15)9-14(3,4)5/h6-8,13H,9H2,1-5H3. The van der Waals surface area contributed by atoms with E-state index in [-0.39, 0.29) is 10.8 Å². The highest BCUT2D eigenvalue weighted by Gasteiger charge is 2.19. The normalized spacial score (nSPS) is 14.0. The lowest BCUT2D eigenvalue weighted by Crippen LogP contribution is -2.09. The second kappa shape index (κ2) is 4.57. The van der Waals surface area contributed by atoms with Gasteiger partial charge in [-0.3, -0.25) is 0 Å². The molecule has 15 heavy (non-hydrogen) atoms. The molecule has 1 atom stereocenters. The molecule has 1 rings (SSSR count). The van der Waals surface area contributed by atoms with Gasteiger partial charge >= 0.3 is 0 Å². The van der Waals surface area contributed by atoms with Crippen LogP contribution in [0.4, 0.5) is 0 Å². The first-order valence-corrected chi connectivity index (χ1v) is 5.94. The highest BCUT2D eigenvalue weighted by atomic mass is 35.5. The predicted octanol–water partition coefficient (Wildman–Crippen LogP) is 5.02. The Bertz CT molecular complexity index is 334. The van der Waals surface area contributed by atoms with Gasteiger partial charge in [0.2, 0.25) is 0 Å². The van der Waals surface area contributed by atoms with E-state index in [1.54, 1.807) is 0 Å². The topological polar surface area (TPSA) is 0 Å². The van der Waals surface area contributed by atoms with Crippen LogP contribution >= 0.6 is 11.6 Å². The summed E-state index contributed by atoms with van der Waals surface area (Å²) in [7, 11) is 0. The zero-order chi connectivity index (χ0) is 11.6. The smallest absolute Gasteiger partial charge is 0.0592 e. The molecule has 0 radical (unpaired) electrons. The Morgan fingerprint density at radius 1 is 1.20 bits per heavy atom. The summed E-state index contributed by atoms with van der Waals surface area (Å²) in [5.74, 6) is 0. The van der Waals surface area contributed by atoms with Gasteiger partial charge in [-0.05, 0) is 36.8 Å². The summed E-state index contributed by atoms with van der Waals surface area (Å²) in [6.07, 6.45) is 1.01. The largest absolute Gasteiger partial charge is 0.118 e. The molecule has 0 saturated heterocycles. The van der Waals surface area contributed by atoms with E-state index < -0.39 is 0 Å². The van der Waals surface area contributed by atoms with Crippen LogP contribution in [-0.2, 0) is 0 Å². The van der Waals surface area contributed by atoms with Crippen LogP contribution in [0.25, 0.3) is 0 Å². The summed E-state index contributed by atoms with van der Waals surface area (Å²) in [4.78, 5) is 0. The minimum atomic E-state index is 0.130. The SMILES string of the molecule is Cc1ccc(C)c(C(Cl)CC(C)(C)C)c1. The van der Waals surface area contributed by atoms with Crippen LogP contribution in [-0.4, -0.2) is 0 Å². The molecule has 0 N–H and O–H groups in total. The highest BCUT2D eigenvalue weighted by Crippen LogP contribution is 2.35. The second-order valence-electron chi connectivity index (χ2n) is 5.59. The number of rotatable bonds is 2. The summed E-state index contributed by atoms with van der Waals surface area (Å²) in [6, 6.07) is 6.50. The van der Waals surface area contributed by atoms with Gasteiger partial charge in [-0.1, -0.05) is 44.5 Å².